The van der Waals surface area contributed by atoms with Crippen LogP contribution in [0, 0.1) is 5.92 Å². The Bertz CT molecular complexity index is 1210. The molecule has 37 heavy (non-hydrogen) atoms. The van der Waals surface area contributed by atoms with Crippen LogP contribution in [0.4, 0.5) is 5.69 Å². The minimum absolute atomic E-state index is 0.0226. The Morgan fingerprint density at radius 2 is 1.84 bits per heavy atom. The molecule has 0 saturated carbocycles. The molecular formula is C30H33N3O4. The van der Waals surface area contributed by atoms with Gasteiger partial charge in [0.2, 0.25) is 11.8 Å². The average molecular weight is 500 g/mol. The van der Waals surface area contributed by atoms with Gasteiger partial charge in [-0.05, 0) is 54.5 Å². The van der Waals surface area contributed by atoms with Crippen molar-refractivity contribution in [3.8, 4) is 11.5 Å². The zero-order valence-corrected chi connectivity index (χ0v) is 21.3. The summed E-state index contributed by atoms with van der Waals surface area (Å²) in [7, 11) is 3.13. The number of ether oxygens (including phenoxy) is 2. The van der Waals surface area contributed by atoms with Crippen LogP contribution in [0.2, 0.25) is 0 Å². The van der Waals surface area contributed by atoms with Crippen molar-refractivity contribution in [2.75, 3.05) is 19.5 Å². The van der Waals surface area contributed by atoms with Crippen LogP contribution in [0.15, 0.2) is 85.2 Å². The maximum absolute atomic E-state index is 14.0. The summed E-state index contributed by atoms with van der Waals surface area (Å²) in [6.07, 6.45) is 10.3. The van der Waals surface area contributed by atoms with Crippen LogP contribution in [0.5, 0.6) is 11.5 Å². The van der Waals surface area contributed by atoms with Gasteiger partial charge in [0.05, 0.1) is 26.3 Å². The van der Waals surface area contributed by atoms with E-state index in [1.807, 2.05) is 42.5 Å². The molecule has 1 heterocycles. The highest BCUT2D eigenvalue weighted by Crippen LogP contribution is 2.32. The molecule has 4 rings (SSSR count). The van der Waals surface area contributed by atoms with E-state index in [0.29, 0.717) is 17.2 Å². The molecule has 2 atom stereocenters. The molecule has 7 heteroatoms. The standard InChI is InChI=1S/C30H33N3O4/c1-36-25-15-16-26(27(19-25)37-2)32-30(35)29(24-13-7-4-8-14-24)33(21-23-12-9-17-31-20-23)28(34)18-22-10-5-3-6-11-22/h3-7,9-12,15-17,19-20,24,29H,8,13-14,18,21H2,1-2H3,(H,32,35)/t24-,29-/m0/s1. The fourth-order valence-corrected chi connectivity index (χ4v) is 4.72. The van der Waals surface area contributed by atoms with Crippen molar-refractivity contribution in [1.29, 1.82) is 0 Å². The number of carbonyl (C=O) groups excluding carboxylic acids is 2. The van der Waals surface area contributed by atoms with Crippen LogP contribution >= 0.6 is 0 Å². The molecule has 192 valence electrons. The highest BCUT2D eigenvalue weighted by Gasteiger charge is 2.37. The van der Waals surface area contributed by atoms with E-state index in [1.54, 1.807) is 49.7 Å². The molecule has 7 nitrogen and oxygen atoms in total. The summed E-state index contributed by atoms with van der Waals surface area (Å²) in [5, 5.41) is 3.04. The fraction of sp³-hybridized carbons (Fsp3) is 0.300. The molecule has 2 amide bonds. The molecule has 0 aliphatic heterocycles. The van der Waals surface area contributed by atoms with Crippen molar-refractivity contribution < 1.29 is 19.1 Å². The monoisotopic (exact) mass is 499 g/mol. The number of nitrogens with one attached hydrogen (secondary N) is 1. The molecule has 1 aliphatic rings. The number of allylic oxidation sites excluding steroid dienone is 2. The third-order valence-electron chi connectivity index (χ3n) is 6.62. The van der Waals surface area contributed by atoms with E-state index in [-0.39, 0.29) is 30.7 Å². The zero-order chi connectivity index (χ0) is 26.0. The molecule has 0 bridgehead atoms. The van der Waals surface area contributed by atoms with E-state index < -0.39 is 6.04 Å². The summed E-state index contributed by atoms with van der Waals surface area (Å²) in [6, 6.07) is 18.0. The smallest absolute Gasteiger partial charge is 0.247 e. The maximum atomic E-state index is 14.0. The number of aromatic nitrogens is 1. The van der Waals surface area contributed by atoms with Gasteiger partial charge in [0.25, 0.3) is 0 Å². The summed E-state index contributed by atoms with van der Waals surface area (Å²) >= 11 is 0. The van der Waals surface area contributed by atoms with Gasteiger partial charge < -0.3 is 19.7 Å². The summed E-state index contributed by atoms with van der Waals surface area (Å²) < 4.78 is 10.8. The Balaban J connectivity index is 1.69. The Morgan fingerprint density at radius 3 is 2.51 bits per heavy atom. The van der Waals surface area contributed by atoms with Gasteiger partial charge >= 0.3 is 0 Å². The topological polar surface area (TPSA) is 80.8 Å². The molecule has 0 radical (unpaired) electrons. The number of hydrogen-bond donors (Lipinski definition) is 1. The van der Waals surface area contributed by atoms with Crippen LogP contribution in [0.3, 0.4) is 0 Å². The van der Waals surface area contributed by atoms with Crippen LogP contribution < -0.4 is 14.8 Å². The summed E-state index contributed by atoms with van der Waals surface area (Å²) in [4.78, 5) is 33.8. The predicted octanol–water partition coefficient (Wildman–Crippen LogP) is 5.03. The van der Waals surface area contributed by atoms with Gasteiger partial charge in [-0.25, -0.2) is 0 Å². The van der Waals surface area contributed by atoms with Gasteiger partial charge in [-0.15, -0.1) is 0 Å². The number of methoxy groups -OCH3 is 2. The normalized spacial score (nSPS) is 15.5. The Morgan fingerprint density at radius 1 is 1.03 bits per heavy atom. The lowest BCUT2D eigenvalue weighted by molar-refractivity contribution is -0.141. The summed E-state index contributed by atoms with van der Waals surface area (Å²) in [6.45, 7) is 0.289. The second-order valence-electron chi connectivity index (χ2n) is 9.09. The number of rotatable bonds is 10. The molecule has 0 spiro atoms. The van der Waals surface area contributed by atoms with E-state index in [2.05, 4.69) is 22.5 Å². The first-order valence-electron chi connectivity index (χ1n) is 12.5. The van der Waals surface area contributed by atoms with Gasteiger partial charge in [-0.2, -0.15) is 0 Å². The second kappa shape index (κ2) is 12.7. The Hall–Kier alpha value is -4.13. The summed E-state index contributed by atoms with van der Waals surface area (Å²) in [5.41, 5.74) is 2.31. The minimum Gasteiger partial charge on any atom is -0.497 e. The number of amides is 2. The van der Waals surface area contributed by atoms with Gasteiger partial charge in [0.1, 0.15) is 17.5 Å². The lowest BCUT2D eigenvalue weighted by Crippen LogP contribution is -2.51. The number of pyridine rings is 1. The third kappa shape index (κ3) is 6.76. The van der Waals surface area contributed by atoms with Crippen LogP contribution in [-0.2, 0) is 22.6 Å². The van der Waals surface area contributed by atoms with Gasteiger partial charge in [0, 0.05) is 25.0 Å². The lowest BCUT2D eigenvalue weighted by atomic mass is 9.85. The van der Waals surface area contributed by atoms with Crippen molar-refractivity contribution in [2.45, 2.75) is 38.3 Å². The summed E-state index contributed by atoms with van der Waals surface area (Å²) in [5.74, 6) is 0.746. The highest BCUT2D eigenvalue weighted by atomic mass is 16.5. The second-order valence-corrected chi connectivity index (χ2v) is 9.09. The van der Waals surface area contributed by atoms with Crippen LogP contribution in [-0.4, -0.2) is 42.0 Å². The largest absolute Gasteiger partial charge is 0.497 e. The molecular weight excluding hydrogens is 466 g/mol. The van der Waals surface area contributed by atoms with Gasteiger partial charge in [-0.1, -0.05) is 48.6 Å². The maximum Gasteiger partial charge on any atom is 0.247 e. The number of carbonyl (C=O) groups is 2. The molecule has 1 aliphatic carbocycles. The van der Waals surface area contributed by atoms with Crippen molar-refractivity contribution >= 4 is 17.5 Å². The van der Waals surface area contributed by atoms with E-state index in [0.717, 1.165) is 30.4 Å². The number of nitrogens with zero attached hydrogens (tertiary/aromatic N) is 2. The molecule has 0 saturated heterocycles. The van der Waals surface area contributed by atoms with Crippen molar-refractivity contribution in [1.82, 2.24) is 9.88 Å². The van der Waals surface area contributed by atoms with E-state index >= 15 is 0 Å². The average Bonchev–Trinajstić information content (AvgIpc) is 2.94. The molecule has 0 fully saturated rings. The van der Waals surface area contributed by atoms with Gasteiger partial charge in [0.15, 0.2) is 0 Å². The SMILES string of the molecule is COc1ccc(NC(=O)[C@H]([C@H]2CC=CCC2)N(Cc2cccnc2)C(=O)Cc2ccccc2)c(OC)c1. The number of anilines is 1. The lowest BCUT2D eigenvalue weighted by Gasteiger charge is -2.37. The zero-order valence-electron chi connectivity index (χ0n) is 21.3. The van der Waals surface area contributed by atoms with Crippen molar-refractivity contribution in [2.24, 2.45) is 5.92 Å². The molecule has 1 N–H and O–H groups in total. The van der Waals surface area contributed by atoms with Gasteiger partial charge in [-0.3, -0.25) is 14.6 Å². The number of hydrogen-bond acceptors (Lipinski definition) is 5. The molecule has 3 aromatic rings. The third-order valence-corrected chi connectivity index (χ3v) is 6.62. The molecule has 0 unspecified atom stereocenters. The van der Waals surface area contributed by atoms with Crippen LogP contribution in [0.1, 0.15) is 30.4 Å². The quantitative estimate of drug-likeness (QED) is 0.396. The van der Waals surface area contributed by atoms with E-state index in [9.17, 15) is 9.59 Å². The van der Waals surface area contributed by atoms with E-state index in [1.165, 1.54) is 0 Å². The molecule has 1 aromatic heterocycles. The van der Waals surface area contributed by atoms with E-state index in [4.69, 9.17) is 9.47 Å². The van der Waals surface area contributed by atoms with Crippen molar-refractivity contribution in [3.05, 3.63) is 96.3 Å². The van der Waals surface area contributed by atoms with Crippen molar-refractivity contribution in [3.63, 3.8) is 0 Å². The Kier molecular flexibility index (Phi) is 8.92. The molecule has 2 aromatic carbocycles. The first kappa shape index (κ1) is 25.9. The first-order chi connectivity index (χ1) is 18.1. The fourth-order valence-electron chi connectivity index (χ4n) is 4.72. The number of benzene rings is 2. The first-order valence-corrected chi connectivity index (χ1v) is 12.5. The predicted molar refractivity (Wildman–Crippen MR) is 143 cm³/mol. The minimum atomic E-state index is -0.673. The van der Waals surface area contributed by atoms with Crippen LogP contribution in [0.25, 0.3) is 0 Å². The highest BCUT2D eigenvalue weighted by molar-refractivity contribution is 5.98. The Labute approximate surface area is 218 Å².